The molecule has 1 atom stereocenters. The van der Waals surface area contributed by atoms with Crippen LogP contribution >= 0.6 is 0 Å². The summed E-state index contributed by atoms with van der Waals surface area (Å²) in [7, 11) is 4.56. The van der Waals surface area contributed by atoms with Crippen molar-refractivity contribution in [1.29, 1.82) is 0 Å². The second-order valence-electron chi connectivity index (χ2n) is 6.70. The SMILES string of the molecule is COc1cc([C@H]2C3=C(COC3=O)Cc3cc(O)c(O)cc32)cc(OC)c1OC. The van der Waals surface area contributed by atoms with Gasteiger partial charge in [-0.2, -0.15) is 0 Å². The third kappa shape index (κ3) is 2.62. The van der Waals surface area contributed by atoms with E-state index in [9.17, 15) is 15.0 Å². The van der Waals surface area contributed by atoms with Crippen molar-refractivity contribution in [3.05, 3.63) is 52.1 Å². The van der Waals surface area contributed by atoms with Gasteiger partial charge < -0.3 is 29.2 Å². The van der Waals surface area contributed by atoms with Crippen molar-refractivity contribution in [1.82, 2.24) is 0 Å². The van der Waals surface area contributed by atoms with E-state index in [4.69, 9.17) is 18.9 Å². The number of carbonyl (C=O) groups is 1. The molecule has 0 spiro atoms. The highest BCUT2D eigenvalue weighted by molar-refractivity contribution is 5.95. The molecule has 4 rings (SSSR count). The van der Waals surface area contributed by atoms with Crippen LogP contribution in [0.25, 0.3) is 0 Å². The molecule has 1 aliphatic heterocycles. The Labute approximate surface area is 161 Å². The number of benzene rings is 2. The van der Waals surface area contributed by atoms with Gasteiger partial charge >= 0.3 is 5.97 Å². The fourth-order valence-corrected chi connectivity index (χ4v) is 3.98. The summed E-state index contributed by atoms with van der Waals surface area (Å²) in [5.41, 5.74) is 3.69. The molecule has 0 fully saturated rings. The summed E-state index contributed by atoms with van der Waals surface area (Å²) < 4.78 is 21.6. The number of carbonyl (C=O) groups excluding carboxylic acids is 1. The lowest BCUT2D eigenvalue weighted by molar-refractivity contribution is -0.136. The molecule has 146 valence electrons. The van der Waals surface area contributed by atoms with Gasteiger partial charge in [0, 0.05) is 5.92 Å². The minimum absolute atomic E-state index is 0.198. The van der Waals surface area contributed by atoms with Crippen molar-refractivity contribution >= 4 is 5.97 Å². The van der Waals surface area contributed by atoms with Crippen LogP contribution in [0.15, 0.2) is 35.4 Å². The molecule has 1 aliphatic carbocycles. The molecule has 7 nitrogen and oxygen atoms in total. The Kier molecular flexibility index (Phi) is 4.30. The molecule has 2 N–H and O–H groups in total. The zero-order chi connectivity index (χ0) is 20.0. The number of methoxy groups -OCH3 is 3. The van der Waals surface area contributed by atoms with Crippen LogP contribution in [0.2, 0.25) is 0 Å². The van der Waals surface area contributed by atoms with Gasteiger partial charge in [0.2, 0.25) is 5.75 Å². The van der Waals surface area contributed by atoms with Gasteiger partial charge in [-0.1, -0.05) is 0 Å². The van der Waals surface area contributed by atoms with Crippen LogP contribution in [0.5, 0.6) is 28.7 Å². The van der Waals surface area contributed by atoms with E-state index in [0.717, 1.165) is 22.3 Å². The summed E-state index contributed by atoms with van der Waals surface area (Å²) in [5, 5.41) is 20.0. The number of rotatable bonds is 4. The topological polar surface area (TPSA) is 94.5 Å². The second kappa shape index (κ2) is 6.67. The van der Waals surface area contributed by atoms with Crippen LogP contribution in [0.3, 0.4) is 0 Å². The van der Waals surface area contributed by atoms with E-state index in [1.165, 1.54) is 33.5 Å². The van der Waals surface area contributed by atoms with E-state index in [1.54, 1.807) is 12.1 Å². The first kappa shape index (κ1) is 18.0. The average molecular weight is 384 g/mol. The van der Waals surface area contributed by atoms with Crippen LogP contribution < -0.4 is 14.2 Å². The Morgan fingerprint density at radius 3 is 2.21 bits per heavy atom. The zero-order valence-corrected chi connectivity index (χ0v) is 15.7. The van der Waals surface area contributed by atoms with Crippen LogP contribution in [-0.4, -0.2) is 44.1 Å². The first-order valence-corrected chi connectivity index (χ1v) is 8.72. The number of phenols is 2. The van der Waals surface area contributed by atoms with E-state index < -0.39 is 5.92 Å². The lowest BCUT2D eigenvalue weighted by Crippen LogP contribution is -2.18. The minimum atomic E-state index is -0.492. The minimum Gasteiger partial charge on any atom is -0.504 e. The van der Waals surface area contributed by atoms with Crippen LogP contribution in [-0.2, 0) is 16.0 Å². The monoisotopic (exact) mass is 384 g/mol. The summed E-state index contributed by atoms with van der Waals surface area (Å²) in [4.78, 5) is 12.5. The predicted octanol–water partition coefficient (Wildman–Crippen LogP) is 2.67. The second-order valence-corrected chi connectivity index (χ2v) is 6.70. The van der Waals surface area contributed by atoms with Gasteiger partial charge in [0.15, 0.2) is 23.0 Å². The zero-order valence-electron chi connectivity index (χ0n) is 15.7. The molecule has 2 aromatic rings. The number of hydrogen-bond acceptors (Lipinski definition) is 7. The normalized spacial score (nSPS) is 17.7. The summed E-state index contributed by atoms with van der Waals surface area (Å²) in [6.07, 6.45) is 0.477. The Hall–Kier alpha value is -3.35. The molecule has 2 aliphatic rings. The summed E-state index contributed by atoms with van der Waals surface area (Å²) in [6, 6.07) is 6.58. The maximum Gasteiger partial charge on any atom is 0.335 e. The summed E-state index contributed by atoms with van der Waals surface area (Å²) >= 11 is 0. The Balaban J connectivity index is 1.98. The smallest absolute Gasteiger partial charge is 0.335 e. The van der Waals surface area contributed by atoms with Gasteiger partial charge in [0.1, 0.15) is 6.61 Å². The molecule has 0 aromatic heterocycles. The number of esters is 1. The molecule has 0 amide bonds. The molecular weight excluding hydrogens is 364 g/mol. The number of fused-ring (bicyclic) bond motifs is 1. The van der Waals surface area contributed by atoms with E-state index >= 15 is 0 Å². The average Bonchev–Trinajstić information content (AvgIpc) is 3.06. The summed E-state index contributed by atoms with van der Waals surface area (Å²) in [6.45, 7) is 0.218. The molecule has 0 saturated heterocycles. The van der Waals surface area contributed by atoms with Crippen molar-refractivity contribution in [2.45, 2.75) is 12.3 Å². The number of hydrogen-bond donors (Lipinski definition) is 2. The third-order valence-corrected chi connectivity index (χ3v) is 5.24. The molecule has 2 aromatic carbocycles. The fraction of sp³-hybridized carbons (Fsp3) is 0.286. The Morgan fingerprint density at radius 1 is 0.964 bits per heavy atom. The largest absolute Gasteiger partial charge is 0.504 e. The maximum atomic E-state index is 12.5. The molecule has 28 heavy (non-hydrogen) atoms. The van der Waals surface area contributed by atoms with Crippen LogP contribution in [0, 0.1) is 0 Å². The maximum absolute atomic E-state index is 12.5. The van der Waals surface area contributed by atoms with E-state index in [2.05, 4.69) is 0 Å². The molecule has 0 saturated carbocycles. The quantitative estimate of drug-likeness (QED) is 0.618. The highest BCUT2D eigenvalue weighted by Gasteiger charge is 2.39. The summed E-state index contributed by atoms with van der Waals surface area (Å²) in [5.74, 6) is 0.0479. The Morgan fingerprint density at radius 2 is 1.61 bits per heavy atom. The number of aromatic hydroxyl groups is 2. The number of phenolic OH excluding ortho intramolecular Hbond substituents is 2. The Bertz CT molecular complexity index is 981. The van der Waals surface area contributed by atoms with Gasteiger partial charge in [-0.25, -0.2) is 4.79 Å². The first-order chi connectivity index (χ1) is 13.5. The van der Waals surface area contributed by atoms with E-state index in [1.807, 2.05) is 0 Å². The standard InChI is InChI=1S/C21H20O7/c1-25-16-6-11(7-17(26-2)20(16)27-3)18-13-8-15(23)14(22)5-10(13)4-12-9-28-21(24)19(12)18/h5-8,18,22-23H,4,9H2,1-3H3/t18-/m1/s1. The number of cyclic esters (lactones) is 1. The van der Waals surface area contributed by atoms with Crippen molar-refractivity contribution in [2.75, 3.05) is 27.9 Å². The molecule has 1 heterocycles. The number of ether oxygens (including phenoxy) is 4. The fourth-order valence-electron chi connectivity index (χ4n) is 3.98. The molecule has 0 bridgehead atoms. The molecule has 7 heteroatoms. The molecule has 0 unspecified atom stereocenters. The van der Waals surface area contributed by atoms with Gasteiger partial charge in [-0.15, -0.1) is 0 Å². The van der Waals surface area contributed by atoms with Crippen molar-refractivity contribution in [2.24, 2.45) is 0 Å². The van der Waals surface area contributed by atoms with Crippen molar-refractivity contribution in [3.8, 4) is 28.7 Å². The predicted molar refractivity (Wildman–Crippen MR) is 99.4 cm³/mol. The first-order valence-electron chi connectivity index (χ1n) is 8.72. The van der Waals surface area contributed by atoms with Gasteiger partial charge in [0.05, 0.1) is 26.9 Å². The van der Waals surface area contributed by atoms with Crippen molar-refractivity contribution in [3.63, 3.8) is 0 Å². The van der Waals surface area contributed by atoms with Crippen molar-refractivity contribution < 1.29 is 34.0 Å². The van der Waals surface area contributed by atoms with Crippen LogP contribution in [0.1, 0.15) is 22.6 Å². The lowest BCUT2D eigenvalue weighted by Gasteiger charge is -2.27. The highest BCUT2D eigenvalue weighted by atomic mass is 16.5. The highest BCUT2D eigenvalue weighted by Crippen LogP contribution is 2.49. The third-order valence-electron chi connectivity index (χ3n) is 5.24. The van der Waals surface area contributed by atoms with E-state index in [0.29, 0.717) is 29.2 Å². The van der Waals surface area contributed by atoms with Gasteiger partial charge in [-0.3, -0.25) is 0 Å². The van der Waals surface area contributed by atoms with Crippen LogP contribution in [0.4, 0.5) is 0 Å². The van der Waals surface area contributed by atoms with Gasteiger partial charge in [0.25, 0.3) is 0 Å². The van der Waals surface area contributed by atoms with E-state index in [-0.39, 0.29) is 24.1 Å². The lowest BCUT2D eigenvalue weighted by atomic mass is 9.75. The van der Waals surface area contributed by atoms with Gasteiger partial charge in [-0.05, 0) is 52.9 Å². The molecule has 0 radical (unpaired) electrons. The molecular formula is C21H20O7.